The Kier molecular flexibility index (Phi) is 11.6. The number of rotatable bonds is 8. The molecule has 0 bridgehead atoms. The molecule has 1 heterocycles. The van der Waals surface area contributed by atoms with Crippen molar-refractivity contribution in [3.63, 3.8) is 0 Å². The van der Waals surface area contributed by atoms with Crippen LogP contribution in [-0.2, 0) is 4.74 Å². The molecule has 0 aromatic rings. The first-order valence-corrected chi connectivity index (χ1v) is 12.4. The number of allylic oxidation sites excluding steroid dienone is 3. The number of thioether (sulfide) groups is 1. The Morgan fingerprint density at radius 1 is 1.34 bits per heavy atom. The van der Waals surface area contributed by atoms with Crippen LogP contribution in [0, 0.1) is 0 Å². The van der Waals surface area contributed by atoms with Crippen LogP contribution in [0.2, 0.25) is 0 Å². The van der Waals surface area contributed by atoms with Gasteiger partial charge in [0.25, 0.3) is 0 Å². The lowest BCUT2D eigenvalue weighted by Gasteiger charge is -2.26. The van der Waals surface area contributed by atoms with Gasteiger partial charge in [-0.25, -0.2) is 9.98 Å². The monoisotopic (exact) mass is 418 g/mol. The Labute approximate surface area is 181 Å². The minimum atomic E-state index is 0.383. The van der Waals surface area contributed by atoms with Gasteiger partial charge in [0.15, 0.2) is 0 Å². The van der Waals surface area contributed by atoms with E-state index in [1.807, 2.05) is 18.7 Å². The third-order valence-electron chi connectivity index (χ3n) is 5.14. The van der Waals surface area contributed by atoms with E-state index >= 15 is 0 Å². The zero-order valence-electron chi connectivity index (χ0n) is 18.2. The molecule has 29 heavy (non-hydrogen) atoms. The maximum absolute atomic E-state index is 5.95. The van der Waals surface area contributed by atoms with Crippen LogP contribution in [0.4, 0.5) is 0 Å². The van der Waals surface area contributed by atoms with Crippen LogP contribution in [0.15, 0.2) is 46.4 Å². The second kappa shape index (κ2) is 14.3. The largest absolute Gasteiger partial charge is 0.498 e. The van der Waals surface area contributed by atoms with Crippen molar-refractivity contribution in [3.8, 4) is 0 Å². The van der Waals surface area contributed by atoms with Gasteiger partial charge in [-0.3, -0.25) is 0 Å². The topological polar surface area (TPSA) is 49.2 Å². The molecule has 1 aliphatic carbocycles. The van der Waals surface area contributed by atoms with Gasteiger partial charge in [0.2, 0.25) is 5.96 Å². The van der Waals surface area contributed by atoms with Crippen LogP contribution in [0.1, 0.15) is 58.3 Å². The van der Waals surface area contributed by atoms with E-state index in [2.05, 4.69) is 46.3 Å². The van der Waals surface area contributed by atoms with Gasteiger partial charge in [-0.15, -0.1) is 0 Å². The number of hydrogen-bond donors (Lipinski definition) is 1. The zero-order valence-corrected chi connectivity index (χ0v) is 19.1. The molecule has 0 saturated heterocycles. The van der Waals surface area contributed by atoms with Crippen molar-refractivity contribution in [1.82, 2.24) is 10.2 Å². The standard InChI is InChI=1S/C23H38N4OS/c1-4-24-23(26-21-12-6-5-7-13-21)25-20(2)27-16-9-8-14-22(15-10-17-27)28-18-11-19-29-3/h4,8-9,14,21H,2,5-7,10-13,15-19H2,1,3H3,(H,25,26)/b9-8-,22-14+,24-4-. The summed E-state index contributed by atoms with van der Waals surface area (Å²) in [5, 5.41) is 3.36. The van der Waals surface area contributed by atoms with E-state index in [1.165, 1.54) is 19.3 Å². The molecule has 5 nitrogen and oxygen atoms in total. The number of nitrogens with zero attached hydrogens (tertiary/aromatic N) is 3. The lowest BCUT2D eigenvalue weighted by atomic mass is 9.96. The van der Waals surface area contributed by atoms with E-state index in [0.29, 0.717) is 12.0 Å². The van der Waals surface area contributed by atoms with Crippen molar-refractivity contribution in [1.29, 1.82) is 0 Å². The molecule has 1 fully saturated rings. The average Bonchev–Trinajstić information content (AvgIpc) is 2.84. The highest BCUT2D eigenvalue weighted by Gasteiger charge is 2.15. The Bertz CT molecular complexity index is 606. The summed E-state index contributed by atoms with van der Waals surface area (Å²) in [7, 11) is 0. The van der Waals surface area contributed by atoms with Crippen molar-refractivity contribution in [2.75, 3.05) is 31.7 Å². The van der Waals surface area contributed by atoms with Gasteiger partial charge in [0, 0.05) is 25.7 Å². The smallest absolute Gasteiger partial charge is 0.223 e. The number of guanidine groups is 1. The highest BCUT2D eigenvalue weighted by atomic mass is 32.2. The van der Waals surface area contributed by atoms with Crippen LogP contribution in [0.25, 0.3) is 0 Å². The van der Waals surface area contributed by atoms with Crippen LogP contribution < -0.4 is 5.32 Å². The third kappa shape index (κ3) is 9.57. The van der Waals surface area contributed by atoms with E-state index in [-0.39, 0.29) is 0 Å². The van der Waals surface area contributed by atoms with Gasteiger partial charge in [0.1, 0.15) is 5.82 Å². The summed E-state index contributed by atoms with van der Waals surface area (Å²) in [6.07, 6.45) is 19.5. The van der Waals surface area contributed by atoms with Gasteiger partial charge in [-0.05, 0) is 50.7 Å². The average molecular weight is 419 g/mol. The summed E-state index contributed by atoms with van der Waals surface area (Å²) in [5.41, 5.74) is 0. The van der Waals surface area contributed by atoms with Crippen molar-refractivity contribution in [2.24, 2.45) is 9.98 Å². The number of aliphatic imine (C=N–C) groups is 2. The van der Waals surface area contributed by atoms with Crippen LogP contribution >= 0.6 is 11.8 Å². The summed E-state index contributed by atoms with van der Waals surface area (Å²) in [5.74, 6) is 3.77. The maximum atomic E-state index is 5.95. The van der Waals surface area contributed by atoms with E-state index in [9.17, 15) is 0 Å². The molecule has 2 rings (SSSR count). The molecule has 0 aromatic heterocycles. The molecule has 6 heteroatoms. The Morgan fingerprint density at radius 3 is 2.93 bits per heavy atom. The van der Waals surface area contributed by atoms with E-state index in [1.54, 1.807) is 6.21 Å². The van der Waals surface area contributed by atoms with Crippen LogP contribution in [-0.4, -0.2) is 54.8 Å². The molecule has 0 amide bonds. The molecular formula is C23H38N4OS. The second-order valence-electron chi connectivity index (χ2n) is 7.51. The number of nitrogens with one attached hydrogen (secondary N) is 1. The first-order chi connectivity index (χ1) is 14.2. The van der Waals surface area contributed by atoms with Gasteiger partial charge in [-0.2, -0.15) is 11.8 Å². The Hall–Kier alpha value is -1.69. The third-order valence-corrected chi connectivity index (χ3v) is 5.84. The fourth-order valence-corrected chi connectivity index (χ4v) is 3.97. The van der Waals surface area contributed by atoms with E-state index in [4.69, 9.17) is 9.73 Å². The predicted molar refractivity (Wildman–Crippen MR) is 128 cm³/mol. The molecule has 0 atom stereocenters. The van der Waals surface area contributed by atoms with E-state index < -0.39 is 0 Å². The minimum absolute atomic E-state index is 0.383. The number of ether oxygens (including phenoxy) is 1. The highest BCUT2D eigenvalue weighted by Crippen LogP contribution is 2.20. The van der Waals surface area contributed by atoms with Crippen molar-refractivity contribution in [2.45, 2.75) is 64.3 Å². The van der Waals surface area contributed by atoms with Crippen molar-refractivity contribution >= 4 is 23.9 Å². The van der Waals surface area contributed by atoms with Crippen molar-refractivity contribution in [3.05, 3.63) is 36.4 Å². The first kappa shape index (κ1) is 23.6. The SMILES string of the molecule is C=C(NC(=NC1CCCCC1)/N=C\C)N1C/C=C\C=C(\OCCCSC)CCC1. The highest BCUT2D eigenvalue weighted by molar-refractivity contribution is 7.98. The molecule has 162 valence electrons. The molecule has 1 N–H and O–H groups in total. The minimum Gasteiger partial charge on any atom is -0.498 e. The predicted octanol–water partition coefficient (Wildman–Crippen LogP) is 5.13. The Balaban J connectivity index is 1.86. The summed E-state index contributed by atoms with van der Waals surface area (Å²) in [6, 6.07) is 0.383. The summed E-state index contributed by atoms with van der Waals surface area (Å²) in [6.45, 7) is 8.73. The summed E-state index contributed by atoms with van der Waals surface area (Å²) >= 11 is 1.87. The van der Waals surface area contributed by atoms with E-state index in [0.717, 1.165) is 69.1 Å². The van der Waals surface area contributed by atoms with Gasteiger partial charge < -0.3 is 15.0 Å². The quantitative estimate of drug-likeness (QED) is 0.337. The molecule has 2 aliphatic rings. The number of hydrogen-bond acceptors (Lipinski definition) is 4. The van der Waals surface area contributed by atoms with Crippen LogP contribution in [0.5, 0.6) is 0 Å². The fourth-order valence-electron chi connectivity index (χ4n) is 3.57. The first-order valence-electron chi connectivity index (χ1n) is 11.0. The molecule has 1 aliphatic heterocycles. The molecule has 0 radical (unpaired) electrons. The summed E-state index contributed by atoms with van der Waals surface area (Å²) < 4.78 is 5.95. The molecule has 0 unspecified atom stereocenters. The fraction of sp³-hybridized carbons (Fsp3) is 0.652. The van der Waals surface area contributed by atoms with Crippen LogP contribution in [0.3, 0.4) is 0 Å². The lowest BCUT2D eigenvalue weighted by molar-refractivity contribution is 0.199. The van der Waals surface area contributed by atoms with Gasteiger partial charge in [-0.1, -0.05) is 38.0 Å². The Morgan fingerprint density at radius 2 is 2.17 bits per heavy atom. The molecular weight excluding hydrogens is 380 g/mol. The second-order valence-corrected chi connectivity index (χ2v) is 8.49. The van der Waals surface area contributed by atoms with Gasteiger partial charge in [0.05, 0.1) is 18.4 Å². The van der Waals surface area contributed by atoms with Crippen molar-refractivity contribution < 1.29 is 4.74 Å². The molecule has 0 aromatic carbocycles. The zero-order chi connectivity index (χ0) is 20.7. The normalized spacial score (nSPS) is 22.3. The molecule has 1 saturated carbocycles. The summed E-state index contributed by atoms with van der Waals surface area (Å²) in [4.78, 5) is 11.6. The maximum Gasteiger partial charge on any atom is 0.223 e. The molecule has 0 spiro atoms. The van der Waals surface area contributed by atoms with Gasteiger partial charge >= 0.3 is 0 Å². The lowest BCUT2D eigenvalue weighted by Crippen LogP contribution is -2.35.